The van der Waals surface area contributed by atoms with Gasteiger partial charge >= 0.3 is 0 Å². The molecule has 1 aliphatic heterocycles. The van der Waals surface area contributed by atoms with Crippen LogP contribution in [0, 0.1) is 0 Å². The highest BCUT2D eigenvalue weighted by molar-refractivity contribution is 5.52. The van der Waals surface area contributed by atoms with Gasteiger partial charge in [-0.05, 0) is 29.3 Å². The predicted octanol–water partition coefficient (Wildman–Crippen LogP) is 2.82. The number of hydrogen-bond acceptors (Lipinski definition) is 7. The van der Waals surface area contributed by atoms with Crippen molar-refractivity contribution in [1.29, 1.82) is 0 Å². The van der Waals surface area contributed by atoms with Crippen LogP contribution in [0.15, 0.2) is 66.9 Å². The lowest BCUT2D eigenvalue weighted by atomic mass is 10.1. The molecule has 0 fully saturated rings. The Kier molecular flexibility index (Phi) is 5.85. The predicted molar refractivity (Wildman–Crippen MR) is 117 cm³/mol. The van der Waals surface area contributed by atoms with E-state index in [1.807, 2.05) is 48.5 Å². The highest BCUT2D eigenvalue weighted by Crippen LogP contribution is 2.35. The van der Waals surface area contributed by atoms with Crippen LogP contribution in [0.4, 0.5) is 5.82 Å². The second-order valence-corrected chi connectivity index (χ2v) is 7.28. The lowest BCUT2D eigenvalue weighted by Gasteiger charge is -2.46. The van der Waals surface area contributed by atoms with Crippen molar-refractivity contribution in [3.63, 3.8) is 0 Å². The van der Waals surface area contributed by atoms with E-state index in [1.54, 1.807) is 20.4 Å². The fraction of sp³-hybridized carbons (Fsp3) is 0.261. The quantitative estimate of drug-likeness (QED) is 0.652. The molecule has 7 nitrogen and oxygen atoms in total. The number of fused-ring (bicyclic) bond motifs is 1. The first-order chi connectivity index (χ1) is 14.6. The second-order valence-electron chi connectivity index (χ2n) is 7.28. The number of benzene rings is 2. The van der Waals surface area contributed by atoms with E-state index in [9.17, 15) is 0 Å². The van der Waals surface area contributed by atoms with Crippen molar-refractivity contribution in [3.8, 4) is 11.5 Å². The van der Waals surface area contributed by atoms with Gasteiger partial charge in [-0.1, -0.05) is 36.4 Å². The van der Waals surface area contributed by atoms with E-state index < -0.39 is 6.29 Å². The minimum atomic E-state index is -0.445. The van der Waals surface area contributed by atoms with E-state index in [0.717, 1.165) is 34.0 Å². The summed E-state index contributed by atoms with van der Waals surface area (Å²) < 4.78 is 10.8. The number of aromatic nitrogens is 1. The van der Waals surface area contributed by atoms with Gasteiger partial charge in [-0.15, -0.1) is 0 Å². The Morgan fingerprint density at radius 3 is 2.23 bits per heavy atom. The first kappa shape index (κ1) is 20.2. The summed E-state index contributed by atoms with van der Waals surface area (Å²) in [6.07, 6.45) is 0.950. The number of pyridine rings is 1. The summed E-state index contributed by atoms with van der Waals surface area (Å²) in [5.74, 6) is 2.28. The largest absolute Gasteiger partial charge is 0.497 e. The van der Waals surface area contributed by atoms with E-state index in [-0.39, 0.29) is 6.17 Å². The van der Waals surface area contributed by atoms with Crippen LogP contribution in [0.2, 0.25) is 0 Å². The summed E-state index contributed by atoms with van der Waals surface area (Å²) in [7, 11) is 3.28. The van der Waals surface area contributed by atoms with Gasteiger partial charge in [0.25, 0.3) is 0 Å². The minimum Gasteiger partial charge on any atom is -0.497 e. The molecule has 0 bridgehead atoms. The number of rotatable bonds is 6. The Labute approximate surface area is 176 Å². The Morgan fingerprint density at radius 2 is 1.57 bits per heavy atom. The molecule has 1 aliphatic rings. The molecule has 1 aromatic heterocycles. The zero-order valence-corrected chi connectivity index (χ0v) is 17.2. The van der Waals surface area contributed by atoms with E-state index in [1.165, 1.54) is 0 Å². The molecule has 3 aromatic rings. The second kappa shape index (κ2) is 8.71. The summed E-state index contributed by atoms with van der Waals surface area (Å²) in [5.41, 5.74) is 16.5. The molecule has 0 amide bonds. The van der Waals surface area contributed by atoms with Crippen LogP contribution in [-0.2, 0) is 13.1 Å². The van der Waals surface area contributed by atoms with Crippen molar-refractivity contribution in [2.45, 2.75) is 25.5 Å². The maximum atomic E-state index is 6.73. The molecule has 2 aromatic carbocycles. The third kappa shape index (κ3) is 3.95. The number of ether oxygens (including phenoxy) is 2. The van der Waals surface area contributed by atoms with Crippen LogP contribution in [0.25, 0.3) is 0 Å². The number of nitrogens with zero attached hydrogens (tertiary/aromatic N) is 3. The van der Waals surface area contributed by atoms with Crippen molar-refractivity contribution >= 4 is 5.82 Å². The molecule has 7 heteroatoms. The lowest BCUT2D eigenvalue weighted by Crippen LogP contribution is -2.60. The topological polar surface area (TPSA) is 89.9 Å². The van der Waals surface area contributed by atoms with Gasteiger partial charge in [-0.2, -0.15) is 0 Å². The van der Waals surface area contributed by atoms with Crippen LogP contribution in [0.1, 0.15) is 22.9 Å². The molecule has 0 saturated heterocycles. The molecule has 0 saturated carbocycles. The van der Waals surface area contributed by atoms with Crippen molar-refractivity contribution in [1.82, 2.24) is 9.88 Å². The summed E-state index contributed by atoms with van der Waals surface area (Å²) in [6, 6.07) is 19.9. The van der Waals surface area contributed by atoms with Gasteiger partial charge in [0.15, 0.2) is 0 Å². The van der Waals surface area contributed by atoms with Gasteiger partial charge in [-0.25, -0.2) is 9.88 Å². The molecule has 2 heterocycles. The first-order valence-corrected chi connectivity index (χ1v) is 9.85. The van der Waals surface area contributed by atoms with Crippen molar-refractivity contribution < 1.29 is 9.47 Å². The summed E-state index contributed by atoms with van der Waals surface area (Å²) >= 11 is 0. The zero-order chi connectivity index (χ0) is 21.1. The van der Waals surface area contributed by atoms with Crippen molar-refractivity contribution in [2.75, 3.05) is 19.1 Å². The molecular weight excluding hydrogens is 378 g/mol. The maximum absolute atomic E-state index is 6.73. The molecular formula is C23H27N5O2. The van der Waals surface area contributed by atoms with Gasteiger partial charge in [0, 0.05) is 30.9 Å². The Bertz CT molecular complexity index is 976. The van der Waals surface area contributed by atoms with E-state index in [0.29, 0.717) is 13.1 Å². The SMILES string of the molecule is COc1cc(CN2C(N)c3cccnc3N(Cc3ccccc3)C2N)cc(OC)c1. The van der Waals surface area contributed by atoms with E-state index in [2.05, 4.69) is 26.9 Å². The molecule has 30 heavy (non-hydrogen) atoms. The van der Waals surface area contributed by atoms with Gasteiger partial charge in [-0.3, -0.25) is 5.73 Å². The fourth-order valence-corrected chi connectivity index (χ4v) is 3.84. The highest BCUT2D eigenvalue weighted by Gasteiger charge is 2.36. The molecule has 2 atom stereocenters. The highest BCUT2D eigenvalue weighted by atomic mass is 16.5. The normalized spacial score (nSPS) is 18.7. The van der Waals surface area contributed by atoms with Crippen molar-refractivity contribution in [2.24, 2.45) is 11.5 Å². The van der Waals surface area contributed by atoms with E-state index >= 15 is 0 Å². The van der Waals surface area contributed by atoms with Gasteiger partial charge < -0.3 is 20.1 Å². The summed E-state index contributed by atoms with van der Waals surface area (Å²) in [5, 5.41) is 0. The fourth-order valence-electron chi connectivity index (χ4n) is 3.84. The summed E-state index contributed by atoms with van der Waals surface area (Å²) in [6.45, 7) is 1.17. The Morgan fingerprint density at radius 1 is 0.867 bits per heavy atom. The zero-order valence-electron chi connectivity index (χ0n) is 17.2. The molecule has 2 unspecified atom stereocenters. The number of methoxy groups -OCH3 is 2. The summed E-state index contributed by atoms with van der Waals surface area (Å²) in [4.78, 5) is 8.74. The van der Waals surface area contributed by atoms with Gasteiger partial charge in [0.1, 0.15) is 23.6 Å². The molecule has 0 aliphatic carbocycles. The number of hydrogen-bond donors (Lipinski definition) is 2. The Balaban J connectivity index is 1.69. The number of nitrogens with two attached hydrogens (primary N) is 2. The standard InChI is InChI=1S/C23H27N5O2/c1-29-18-11-17(12-19(13-18)30-2)15-27-21(24)20-9-6-10-26-22(20)28(23(27)25)14-16-7-4-3-5-8-16/h3-13,21,23H,14-15,24-25H2,1-2H3. The molecule has 156 valence electrons. The smallest absolute Gasteiger partial charge is 0.138 e. The number of anilines is 1. The Hall–Kier alpha value is -3.13. The van der Waals surface area contributed by atoms with Crippen LogP contribution >= 0.6 is 0 Å². The van der Waals surface area contributed by atoms with Crippen molar-refractivity contribution in [3.05, 3.63) is 83.6 Å². The average Bonchev–Trinajstić information content (AvgIpc) is 2.80. The molecule has 0 spiro atoms. The van der Waals surface area contributed by atoms with Crippen LogP contribution in [-0.4, -0.2) is 30.4 Å². The lowest BCUT2D eigenvalue weighted by molar-refractivity contribution is 0.111. The van der Waals surface area contributed by atoms with E-state index in [4.69, 9.17) is 20.9 Å². The molecule has 0 radical (unpaired) electrons. The van der Waals surface area contributed by atoms with Crippen LogP contribution in [0.5, 0.6) is 11.5 Å². The minimum absolute atomic E-state index is 0.382. The third-order valence-electron chi connectivity index (χ3n) is 5.40. The monoisotopic (exact) mass is 405 g/mol. The molecule has 4 rings (SSSR count). The van der Waals surface area contributed by atoms with Gasteiger partial charge in [0.2, 0.25) is 0 Å². The molecule has 4 N–H and O–H groups in total. The average molecular weight is 406 g/mol. The first-order valence-electron chi connectivity index (χ1n) is 9.85. The van der Waals surface area contributed by atoms with Crippen LogP contribution < -0.4 is 25.8 Å². The maximum Gasteiger partial charge on any atom is 0.138 e. The third-order valence-corrected chi connectivity index (χ3v) is 5.40. The van der Waals surface area contributed by atoms with Gasteiger partial charge in [0.05, 0.1) is 20.4 Å². The van der Waals surface area contributed by atoms with Crippen LogP contribution in [0.3, 0.4) is 0 Å².